The highest BCUT2D eigenvalue weighted by Gasteiger charge is 2.43. The molecule has 0 spiro atoms. The Labute approximate surface area is 114 Å². The minimum atomic E-state index is 0.162. The summed E-state index contributed by atoms with van der Waals surface area (Å²) >= 11 is 1.82. The highest BCUT2D eigenvalue weighted by Crippen LogP contribution is 2.40. The van der Waals surface area contributed by atoms with Crippen molar-refractivity contribution in [1.29, 1.82) is 0 Å². The minimum absolute atomic E-state index is 0.162. The maximum Gasteiger partial charge on any atom is 0.113 e. The van der Waals surface area contributed by atoms with E-state index in [1.54, 1.807) is 0 Å². The fourth-order valence-corrected chi connectivity index (χ4v) is 4.37. The van der Waals surface area contributed by atoms with Crippen molar-refractivity contribution in [2.75, 3.05) is 19.6 Å². The Kier molecular flexibility index (Phi) is 3.68. The van der Waals surface area contributed by atoms with Crippen LogP contribution in [0.25, 0.3) is 0 Å². The average Bonchev–Trinajstić information content (AvgIpc) is 3.06. The molecular weight excluding hydrogens is 242 g/mol. The lowest BCUT2D eigenvalue weighted by Crippen LogP contribution is -2.53. The van der Waals surface area contributed by atoms with Gasteiger partial charge in [-0.2, -0.15) is 0 Å². The first kappa shape index (κ1) is 12.6. The van der Waals surface area contributed by atoms with Crippen LogP contribution >= 0.6 is 11.3 Å². The number of rotatable bonds is 4. The zero-order chi connectivity index (χ0) is 12.4. The summed E-state index contributed by atoms with van der Waals surface area (Å²) in [6.45, 7) is 5.90. The second kappa shape index (κ2) is 5.27. The molecule has 2 fully saturated rings. The highest BCUT2D eigenvalue weighted by molar-refractivity contribution is 7.09. The maximum atomic E-state index is 4.62. The largest absolute Gasteiger partial charge is 0.305 e. The average molecular weight is 265 g/mol. The third-order valence-electron chi connectivity index (χ3n) is 4.46. The fourth-order valence-electron chi connectivity index (χ4n) is 3.51. The van der Waals surface area contributed by atoms with Gasteiger partial charge in [0.25, 0.3) is 0 Å². The first-order chi connectivity index (χ1) is 8.84. The van der Waals surface area contributed by atoms with Crippen molar-refractivity contribution in [3.63, 3.8) is 0 Å². The first-order valence-electron chi connectivity index (χ1n) is 7.23. The van der Waals surface area contributed by atoms with Crippen LogP contribution in [0.5, 0.6) is 0 Å². The Balaban J connectivity index is 1.82. The highest BCUT2D eigenvalue weighted by atomic mass is 32.1. The number of aromatic nitrogens is 1. The van der Waals surface area contributed by atoms with Crippen LogP contribution in [0.15, 0.2) is 11.6 Å². The lowest BCUT2D eigenvalue weighted by molar-refractivity contribution is 0.105. The zero-order valence-electron chi connectivity index (χ0n) is 11.2. The topological polar surface area (TPSA) is 28.2 Å². The second-order valence-corrected chi connectivity index (χ2v) is 6.53. The second-order valence-electron chi connectivity index (χ2n) is 5.63. The molecule has 0 bridgehead atoms. The maximum absolute atomic E-state index is 4.62. The fraction of sp³-hybridized carbons (Fsp3) is 0.786. The molecule has 2 aliphatic rings. The predicted molar refractivity (Wildman–Crippen MR) is 75.9 cm³/mol. The van der Waals surface area contributed by atoms with Crippen molar-refractivity contribution in [2.24, 2.45) is 0 Å². The molecule has 4 heteroatoms. The van der Waals surface area contributed by atoms with E-state index in [2.05, 4.69) is 27.5 Å². The van der Waals surface area contributed by atoms with Crippen LogP contribution in [-0.2, 0) is 5.54 Å². The van der Waals surface area contributed by atoms with Crippen molar-refractivity contribution >= 4 is 11.3 Å². The van der Waals surface area contributed by atoms with Crippen LogP contribution in [0.2, 0.25) is 0 Å². The molecule has 3 heterocycles. The van der Waals surface area contributed by atoms with Gasteiger partial charge < -0.3 is 10.2 Å². The van der Waals surface area contributed by atoms with Gasteiger partial charge >= 0.3 is 0 Å². The Morgan fingerprint density at radius 2 is 2.50 bits per heavy atom. The van der Waals surface area contributed by atoms with E-state index in [1.165, 1.54) is 50.2 Å². The van der Waals surface area contributed by atoms with E-state index in [9.17, 15) is 0 Å². The summed E-state index contributed by atoms with van der Waals surface area (Å²) < 4.78 is 0. The molecule has 100 valence electrons. The Morgan fingerprint density at radius 3 is 3.28 bits per heavy atom. The molecule has 1 aromatic heterocycles. The summed E-state index contributed by atoms with van der Waals surface area (Å²) in [5.41, 5.74) is 0.162. The number of thiazole rings is 1. The van der Waals surface area contributed by atoms with E-state index in [0.29, 0.717) is 0 Å². The Bertz CT molecular complexity index is 378. The molecule has 2 atom stereocenters. The van der Waals surface area contributed by atoms with Gasteiger partial charge in [0.2, 0.25) is 0 Å². The van der Waals surface area contributed by atoms with E-state index < -0.39 is 0 Å². The van der Waals surface area contributed by atoms with Gasteiger partial charge in [0.05, 0.1) is 5.54 Å². The van der Waals surface area contributed by atoms with E-state index in [-0.39, 0.29) is 5.54 Å². The molecule has 18 heavy (non-hydrogen) atoms. The monoisotopic (exact) mass is 265 g/mol. The number of hydrogen-bond acceptors (Lipinski definition) is 4. The number of hydrogen-bond donors (Lipinski definition) is 1. The van der Waals surface area contributed by atoms with E-state index in [4.69, 9.17) is 0 Å². The predicted octanol–water partition coefficient (Wildman–Crippen LogP) is 2.60. The summed E-state index contributed by atoms with van der Waals surface area (Å²) in [4.78, 5) is 7.30. The lowest BCUT2D eigenvalue weighted by atomic mass is 9.83. The van der Waals surface area contributed by atoms with Gasteiger partial charge in [0.1, 0.15) is 5.01 Å². The van der Waals surface area contributed by atoms with Gasteiger partial charge in [-0.3, -0.25) is 0 Å². The molecule has 0 radical (unpaired) electrons. The lowest BCUT2D eigenvalue weighted by Gasteiger charge is -2.43. The number of piperidine rings is 1. The van der Waals surface area contributed by atoms with E-state index in [0.717, 1.165) is 12.6 Å². The molecule has 2 saturated heterocycles. The standard InChI is InChI=1S/C14H23N3S/c1-2-6-16-14(13-15-7-10-18-13)5-9-17-8-3-4-12(17)11-14/h7,10,12,16H,2-6,8-9,11H2,1H3. The van der Waals surface area contributed by atoms with Crippen molar-refractivity contribution in [1.82, 2.24) is 15.2 Å². The van der Waals surface area contributed by atoms with Gasteiger partial charge in [-0.15, -0.1) is 11.3 Å². The molecule has 0 amide bonds. The molecule has 2 aliphatic heterocycles. The van der Waals surface area contributed by atoms with Crippen molar-refractivity contribution in [3.8, 4) is 0 Å². The quantitative estimate of drug-likeness (QED) is 0.907. The van der Waals surface area contributed by atoms with Crippen LogP contribution in [0, 0.1) is 0 Å². The zero-order valence-corrected chi connectivity index (χ0v) is 12.0. The van der Waals surface area contributed by atoms with Crippen LogP contribution in [-0.4, -0.2) is 35.6 Å². The number of nitrogens with zero attached hydrogens (tertiary/aromatic N) is 2. The van der Waals surface area contributed by atoms with Crippen LogP contribution in [0.1, 0.15) is 44.0 Å². The van der Waals surface area contributed by atoms with Gasteiger partial charge in [0.15, 0.2) is 0 Å². The Hall–Kier alpha value is -0.450. The molecule has 1 aromatic rings. The van der Waals surface area contributed by atoms with Crippen LogP contribution < -0.4 is 5.32 Å². The normalized spacial score (nSPS) is 32.6. The molecule has 1 N–H and O–H groups in total. The molecule has 3 nitrogen and oxygen atoms in total. The summed E-state index contributed by atoms with van der Waals surface area (Å²) in [5.74, 6) is 0. The first-order valence-corrected chi connectivity index (χ1v) is 8.11. The number of fused-ring (bicyclic) bond motifs is 1. The van der Waals surface area contributed by atoms with E-state index >= 15 is 0 Å². The van der Waals surface area contributed by atoms with Gasteiger partial charge in [0, 0.05) is 24.2 Å². The molecule has 2 unspecified atom stereocenters. The molecular formula is C14H23N3S. The smallest absolute Gasteiger partial charge is 0.113 e. The SMILES string of the molecule is CCCNC1(c2nccs2)CCN2CCCC2C1. The summed E-state index contributed by atoms with van der Waals surface area (Å²) in [6, 6.07) is 0.784. The summed E-state index contributed by atoms with van der Waals surface area (Å²) in [6.07, 6.45) is 8.38. The minimum Gasteiger partial charge on any atom is -0.305 e. The summed E-state index contributed by atoms with van der Waals surface area (Å²) in [7, 11) is 0. The van der Waals surface area contributed by atoms with Crippen LogP contribution in [0.4, 0.5) is 0 Å². The van der Waals surface area contributed by atoms with Gasteiger partial charge in [-0.25, -0.2) is 4.98 Å². The van der Waals surface area contributed by atoms with Crippen molar-refractivity contribution in [3.05, 3.63) is 16.6 Å². The number of nitrogens with one attached hydrogen (secondary N) is 1. The third-order valence-corrected chi connectivity index (χ3v) is 5.44. The van der Waals surface area contributed by atoms with Crippen molar-refractivity contribution in [2.45, 2.75) is 50.6 Å². The van der Waals surface area contributed by atoms with Gasteiger partial charge in [-0.05, 0) is 45.2 Å². The molecule has 3 rings (SSSR count). The molecule has 0 aromatic carbocycles. The Morgan fingerprint density at radius 1 is 1.56 bits per heavy atom. The van der Waals surface area contributed by atoms with Crippen LogP contribution in [0.3, 0.4) is 0 Å². The van der Waals surface area contributed by atoms with Gasteiger partial charge in [-0.1, -0.05) is 6.92 Å². The molecule has 0 aliphatic carbocycles. The summed E-state index contributed by atoms with van der Waals surface area (Å²) in [5, 5.41) is 7.25. The van der Waals surface area contributed by atoms with Crippen molar-refractivity contribution < 1.29 is 0 Å². The van der Waals surface area contributed by atoms with E-state index in [1.807, 2.05) is 17.5 Å². The third kappa shape index (κ3) is 2.22. The molecule has 0 saturated carbocycles.